The van der Waals surface area contributed by atoms with E-state index in [1.807, 2.05) is 6.92 Å². The summed E-state index contributed by atoms with van der Waals surface area (Å²) in [4.78, 5) is 2.56. The normalized spacial score (nSPS) is 10.2. The molecule has 0 aliphatic carbocycles. The maximum absolute atomic E-state index is 5.91. The molecule has 1 heterocycles. The third-order valence-electron chi connectivity index (χ3n) is 1.47. The third-order valence-corrected chi connectivity index (χ3v) is 3.27. The molecule has 0 atom stereocenters. The quantitative estimate of drug-likeness (QED) is 0.546. The minimum atomic E-state index is 0.942. The van der Waals surface area contributed by atoms with E-state index in [4.69, 9.17) is 11.6 Å². The van der Waals surface area contributed by atoms with Crippen molar-refractivity contribution in [3.8, 4) is 0 Å². The zero-order valence-corrected chi connectivity index (χ0v) is 7.36. The zero-order chi connectivity index (χ0) is 7.02. The van der Waals surface area contributed by atoms with E-state index in [0.29, 0.717) is 0 Å². The lowest BCUT2D eigenvalue weighted by Gasteiger charge is -1.86. The Balaban J connectivity index is 3.29. The second-order valence-electron chi connectivity index (χ2n) is 2.15. The van der Waals surface area contributed by atoms with Gasteiger partial charge in [0.2, 0.25) is 0 Å². The van der Waals surface area contributed by atoms with E-state index in [1.165, 1.54) is 15.3 Å². The second-order valence-corrected chi connectivity index (χ2v) is 3.96. The Morgan fingerprint density at radius 2 is 1.67 bits per heavy atom. The van der Waals surface area contributed by atoms with Gasteiger partial charge in [0.1, 0.15) is 0 Å². The highest BCUT2D eigenvalue weighted by atomic mass is 35.5. The largest absolute Gasteiger partial charge is 0.144 e. The summed E-state index contributed by atoms with van der Waals surface area (Å²) in [5, 5.41) is 0.942. The van der Waals surface area contributed by atoms with Gasteiger partial charge in [-0.05, 0) is 26.3 Å². The van der Waals surface area contributed by atoms with Crippen LogP contribution in [-0.2, 0) is 0 Å². The third kappa shape index (κ3) is 1.12. The minimum Gasteiger partial charge on any atom is -0.144 e. The molecule has 0 unspecified atom stereocenters. The van der Waals surface area contributed by atoms with Crippen LogP contribution in [0.1, 0.15) is 15.3 Å². The molecule has 0 bridgehead atoms. The summed E-state index contributed by atoms with van der Waals surface area (Å²) in [5.74, 6) is 0. The number of halogens is 1. The molecule has 0 N–H and O–H groups in total. The number of thiophene rings is 1. The average molecular weight is 161 g/mol. The molecule has 0 nitrogen and oxygen atoms in total. The van der Waals surface area contributed by atoms with Gasteiger partial charge in [-0.3, -0.25) is 0 Å². The van der Waals surface area contributed by atoms with Gasteiger partial charge in [-0.15, -0.1) is 11.3 Å². The van der Waals surface area contributed by atoms with Crippen LogP contribution in [0.5, 0.6) is 0 Å². The summed E-state index contributed by atoms with van der Waals surface area (Å²) >= 11 is 7.67. The first kappa shape index (κ1) is 7.10. The zero-order valence-electron chi connectivity index (χ0n) is 5.79. The fourth-order valence-electron chi connectivity index (χ4n) is 0.770. The highest BCUT2D eigenvalue weighted by molar-refractivity contribution is 7.12. The monoisotopic (exact) mass is 160 g/mol. The molecule has 1 rings (SSSR count). The summed E-state index contributed by atoms with van der Waals surface area (Å²) in [7, 11) is 0. The van der Waals surface area contributed by atoms with Gasteiger partial charge in [-0.25, -0.2) is 0 Å². The van der Waals surface area contributed by atoms with Gasteiger partial charge in [0.25, 0.3) is 0 Å². The van der Waals surface area contributed by atoms with E-state index < -0.39 is 0 Å². The van der Waals surface area contributed by atoms with Gasteiger partial charge >= 0.3 is 0 Å². The van der Waals surface area contributed by atoms with Crippen LogP contribution in [0.4, 0.5) is 0 Å². The molecule has 0 aliphatic rings. The van der Waals surface area contributed by atoms with Crippen LogP contribution >= 0.6 is 22.9 Å². The lowest BCUT2D eigenvalue weighted by Crippen LogP contribution is -1.67. The van der Waals surface area contributed by atoms with E-state index in [-0.39, 0.29) is 0 Å². The highest BCUT2D eigenvalue weighted by Crippen LogP contribution is 2.30. The van der Waals surface area contributed by atoms with Crippen molar-refractivity contribution in [2.45, 2.75) is 20.8 Å². The van der Waals surface area contributed by atoms with Crippen molar-refractivity contribution in [3.63, 3.8) is 0 Å². The summed E-state index contributed by atoms with van der Waals surface area (Å²) in [6, 6.07) is 0. The van der Waals surface area contributed by atoms with Crippen LogP contribution in [0.3, 0.4) is 0 Å². The predicted molar refractivity (Wildman–Crippen MR) is 43.5 cm³/mol. The fraction of sp³-hybridized carbons (Fsp3) is 0.429. The van der Waals surface area contributed by atoms with Crippen LogP contribution in [0.2, 0.25) is 5.02 Å². The molecular formula is C7H9ClS. The Kier molecular flexibility index (Phi) is 1.83. The molecule has 0 amide bonds. The molecule has 0 spiro atoms. The maximum atomic E-state index is 5.91. The maximum Gasteiger partial charge on any atom is 0.0574 e. The van der Waals surface area contributed by atoms with Crippen LogP contribution in [0.15, 0.2) is 0 Å². The Morgan fingerprint density at radius 1 is 1.11 bits per heavy atom. The average Bonchev–Trinajstić information content (AvgIpc) is 1.98. The van der Waals surface area contributed by atoms with Crippen molar-refractivity contribution in [1.82, 2.24) is 0 Å². The molecule has 0 fully saturated rings. The fourth-order valence-corrected chi connectivity index (χ4v) is 2.04. The summed E-state index contributed by atoms with van der Waals surface area (Å²) in [5.41, 5.74) is 1.24. The van der Waals surface area contributed by atoms with Crippen molar-refractivity contribution < 1.29 is 0 Å². The molecule has 50 valence electrons. The minimum absolute atomic E-state index is 0.942. The molecule has 9 heavy (non-hydrogen) atoms. The number of hydrogen-bond acceptors (Lipinski definition) is 1. The molecular weight excluding hydrogens is 152 g/mol. The topological polar surface area (TPSA) is 0 Å². The van der Waals surface area contributed by atoms with Gasteiger partial charge in [-0.1, -0.05) is 11.6 Å². The first-order valence-corrected chi connectivity index (χ1v) is 4.04. The van der Waals surface area contributed by atoms with E-state index in [1.54, 1.807) is 11.3 Å². The molecule has 0 radical (unpaired) electrons. The number of aryl methyl sites for hydroxylation is 2. The first-order chi connectivity index (χ1) is 4.13. The molecule has 0 saturated carbocycles. The Morgan fingerprint density at radius 3 is 1.78 bits per heavy atom. The van der Waals surface area contributed by atoms with E-state index >= 15 is 0 Å². The predicted octanol–water partition coefficient (Wildman–Crippen LogP) is 3.33. The Hall–Kier alpha value is -0.0100. The number of hydrogen-bond donors (Lipinski definition) is 0. The molecule has 0 aliphatic heterocycles. The molecule has 1 aromatic rings. The lowest BCUT2D eigenvalue weighted by atomic mass is 10.3. The van der Waals surface area contributed by atoms with Crippen LogP contribution in [0.25, 0.3) is 0 Å². The van der Waals surface area contributed by atoms with E-state index in [0.717, 1.165) is 5.02 Å². The standard InChI is InChI=1S/C7H9ClS/c1-4-5(2)9-6(3)7(4)8/h1-3H3. The summed E-state index contributed by atoms with van der Waals surface area (Å²) in [6.45, 7) is 6.20. The van der Waals surface area contributed by atoms with Crippen molar-refractivity contribution >= 4 is 22.9 Å². The molecule has 0 aromatic carbocycles. The van der Waals surface area contributed by atoms with E-state index in [2.05, 4.69) is 13.8 Å². The Labute approximate surface area is 64.5 Å². The van der Waals surface area contributed by atoms with Gasteiger partial charge in [0.15, 0.2) is 0 Å². The van der Waals surface area contributed by atoms with Crippen molar-refractivity contribution in [3.05, 3.63) is 20.3 Å². The SMILES string of the molecule is Cc1sc(C)c(Cl)c1C. The Bertz CT molecular complexity index is 203. The summed E-state index contributed by atoms with van der Waals surface area (Å²) in [6.07, 6.45) is 0. The van der Waals surface area contributed by atoms with Crippen LogP contribution < -0.4 is 0 Å². The van der Waals surface area contributed by atoms with Gasteiger partial charge in [-0.2, -0.15) is 0 Å². The molecule has 0 saturated heterocycles. The van der Waals surface area contributed by atoms with Crippen molar-refractivity contribution in [1.29, 1.82) is 0 Å². The lowest BCUT2D eigenvalue weighted by molar-refractivity contribution is 1.43. The van der Waals surface area contributed by atoms with Crippen molar-refractivity contribution in [2.75, 3.05) is 0 Å². The molecule has 1 aromatic heterocycles. The smallest absolute Gasteiger partial charge is 0.0574 e. The van der Waals surface area contributed by atoms with Crippen LogP contribution in [0, 0.1) is 20.8 Å². The van der Waals surface area contributed by atoms with Crippen LogP contribution in [-0.4, -0.2) is 0 Å². The first-order valence-electron chi connectivity index (χ1n) is 2.85. The van der Waals surface area contributed by atoms with Gasteiger partial charge < -0.3 is 0 Å². The second kappa shape index (κ2) is 2.31. The summed E-state index contributed by atoms with van der Waals surface area (Å²) < 4.78 is 0. The van der Waals surface area contributed by atoms with E-state index in [9.17, 15) is 0 Å². The molecule has 2 heteroatoms. The van der Waals surface area contributed by atoms with Gasteiger partial charge in [0.05, 0.1) is 5.02 Å². The number of rotatable bonds is 0. The van der Waals surface area contributed by atoms with Crippen molar-refractivity contribution in [2.24, 2.45) is 0 Å². The highest BCUT2D eigenvalue weighted by Gasteiger charge is 2.04. The van der Waals surface area contributed by atoms with Gasteiger partial charge in [0, 0.05) is 9.75 Å².